The van der Waals surface area contributed by atoms with Crippen LogP contribution in [0.5, 0.6) is 5.75 Å². The maximum atomic E-state index is 14.6. The van der Waals surface area contributed by atoms with Crippen molar-refractivity contribution in [1.82, 2.24) is 9.80 Å². The number of hydrogen-bond donors (Lipinski definition) is 1. The highest BCUT2D eigenvalue weighted by molar-refractivity contribution is 6.03. The highest BCUT2D eigenvalue weighted by atomic mass is 16.5. The normalized spacial score (nSPS) is 29.0. The Bertz CT molecular complexity index is 1190. The fourth-order valence-electron chi connectivity index (χ4n) is 7.51. The number of benzene rings is 1. The maximum Gasteiger partial charge on any atom is 0.248 e. The van der Waals surface area contributed by atoms with Crippen LogP contribution in [0, 0.1) is 17.8 Å². The second-order valence-electron chi connectivity index (χ2n) is 12.3. The van der Waals surface area contributed by atoms with E-state index in [1.807, 2.05) is 38.1 Å². The summed E-state index contributed by atoms with van der Waals surface area (Å²) in [6.07, 6.45) is 6.71. The molecule has 1 aromatic rings. The summed E-state index contributed by atoms with van der Waals surface area (Å²) in [5, 5.41) is 9.47. The second kappa shape index (κ2) is 13.6. The second-order valence-corrected chi connectivity index (χ2v) is 12.3. The summed E-state index contributed by atoms with van der Waals surface area (Å²) in [6, 6.07) is 6.49. The van der Waals surface area contributed by atoms with Crippen molar-refractivity contribution >= 4 is 23.4 Å². The predicted molar refractivity (Wildman–Crippen MR) is 167 cm³/mol. The van der Waals surface area contributed by atoms with E-state index in [1.165, 1.54) is 0 Å². The van der Waals surface area contributed by atoms with E-state index in [4.69, 9.17) is 9.47 Å². The van der Waals surface area contributed by atoms with Crippen molar-refractivity contribution in [3.05, 3.63) is 49.6 Å². The molecule has 0 aromatic heterocycles. The van der Waals surface area contributed by atoms with Crippen molar-refractivity contribution in [2.45, 2.75) is 77.0 Å². The number of carbonyl (C=O) groups excluding carboxylic acids is 3. The van der Waals surface area contributed by atoms with E-state index >= 15 is 0 Å². The van der Waals surface area contributed by atoms with Gasteiger partial charge in [-0.2, -0.15) is 0 Å². The van der Waals surface area contributed by atoms with Gasteiger partial charge in [0.1, 0.15) is 17.4 Å². The molecular weight excluding hydrogens is 546 g/mol. The number of hydrogen-bond acceptors (Lipinski definition) is 6. The molecule has 3 aliphatic heterocycles. The van der Waals surface area contributed by atoms with Gasteiger partial charge in [-0.1, -0.05) is 32.4 Å². The van der Waals surface area contributed by atoms with Crippen molar-refractivity contribution in [2.75, 3.05) is 44.3 Å². The van der Waals surface area contributed by atoms with Gasteiger partial charge in [0.25, 0.3) is 0 Å². The number of likely N-dealkylation sites (tertiary alicyclic amines) is 1. The Balaban J connectivity index is 1.77. The molecule has 6 atom stereocenters. The van der Waals surface area contributed by atoms with Crippen LogP contribution in [0.2, 0.25) is 0 Å². The molecule has 2 bridgehead atoms. The van der Waals surface area contributed by atoms with Crippen molar-refractivity contribution in [3.63, 3.8) is 0 Å². The summed E-state index contributed by atoms with van der Waals surface area (Å²) in [6.45, 7) is 17.8. The number of fused-ring (bicyclic) bond motifs is 1. The molecule has 0 aliphatic carbocycles. The third-order valence-corrected chi connectivity index (χ3v) is 9.60. The Labute approximate surface area is 256 Å². The van der Waals surface area contributed by atoms with Gasteiger partial charge in [0, 0.05) is 38.5 Å². The first-order valence-corrected chi connectivity index (χ1v) is 15.8. The highest BCUT2D eigenvalue weighted by Crippen LogP contribution is 2.65. The fourth-order valence-corrected chi connectivity index (χ4v) is 7.51. The topological polar surface area (TPSA) is 99.6 Å². The quantitative estimate of drug-likeness (QED) is 0.227. The van der Waals surface area contributed by atoms with Crippen LogP contribution in [0.25, 0.3) is 0 Å². The summed E-state index contributed by atoms with van der Waals surface area (Å²) in [4.78, 5) is 48.6. The maximum absolute atomic E-state index is 14.6. The van der Waals surface area contributed by atoms with Crippen molar-refractivity contribution in [3.8, 4) is 5.75 Å². The Morgan fingerprint density at radius 1 is 1.12 bits per heavy atom. The van der Waals surface area contributed by atoms with Gasteiger partial charge in [0.05, 0.1) is 24.0 Å². The van der Waals surface area contributed by atoms with Gasteiger partial charge in [-0.15, -0.1) is 13.2 Å². The first-order valence-electron chi connectivity index (χ1n) is 15.8. The van der Waals surface area contributed by atoms with Crippen LogP contribution in [-0.4, -0.2) is 89.3 Å². The van der Waals surface area contributed by atoms with E-state index in [-0.39, 0.29) is 36.8 Å². The number of anilines is 1. The van der Waals surface area contributed by atoms with Crippen LogP contribution in [0.4, 0.5) is 5.69 Å². The SMILES string of the molecule is C=CCN(CCCC)C(=O)C1N(CCCCO)C(=O)[C@@H]2[C@H](C(=O)N(CC=C)c3ccc(OCC)cc3)[C@@]3(C)OC12CC3C. The molecule has 3 fully saturated rings. The summed E-state index contributed by atoms with van der Waals surface area (Å²) < 4.78 is 12.5. The van der Waals surface area contributed by atoms with E-state index in [1.54, 1.807) is 26.9 Å². The van der Waals surface area contributed by atoms with Crippen LogP contribution < -0.4 is 9.64 Å². The average Bonchev–Trinajstić information content (AvgIpc) is 3.50. The molecule has 236 valence electrons. The fraction of sp³-hybridized carbons (Fsp3) is 0.618. The summed E-state index contributed by atoms with van der Waals surface area (Å²) in [5.41, 5.74) is -1.37. The Morgan fingerprint density at radius 3 is 2.42 bits per heavy atom. The predicted octanol–water partition coefficient (Wildman–Crippen LogP) is 4.20. The van der Waals surface area contributed by atoms with Gasteiger partial charge in [0.15, 0.2) is 0 Å². The van der Waals surface area contributed by atoms with Crippen LogP contribution in [-0.2, 0) is 19.1 Å². The molecule has 1 aromatic carbocycles. The molecule has 4 rings (SSSR count). The van der Waals surface area contributed by atoms with Crippen LogP contribution in [0.3, 0.4) is 0 Å². The van der Waals surface area contributed by atoms with E-state index in [9.17, 15) is 19.5 Å². The van der Waals surface area contributed by atoms with E-state index < -0.39 is 29.1 Å². The largest absolute Gasteiger partial charge is 0.494 e. The lowest BCUT2D eigenvalue weighted by molar-refractivity contribution is -0.152. The molecule has 3 heterocycles. The molecule has 9 nitrogen and oxygen atoms in total. The summed E-state index contributed by atoms with van der Waals surface area (Å²) >= 11 is 0. The van der Waals surface area contributed by atoms with Gasteiger partial charge in [-0.05, 0) is 69.7 Å². The minimum atomic E-state index is -1.12. The Hall–Kier alpha value is -3.17. The van der Waals surface area contributed by atoms with Crippen LogP contribution in [0.15, 0.2) is 49.6 Å². The van der Waals surface area contributed by atoms with Gasteiger partial charge in [-0.25, -0.2) is 0 Å². The molecule has 3 aliphatic rings. The lowest BCUT2D eigenvalue weighted by atomic mass is 9.62. The zero-order valence-corrected chi connectivity index (χ0v) is 26.3. The summed E-state index contributed by atoms with van der Waals surface area (Å²) in [5.74, 6) is -1.52. The number of amides is 3. The van der Waals surface area contributed by atoms with Crippen molar-refractivity contribution < 1.29 is 29.0 Å². The molecule has 1 spiro atoms. The van der Waals surface area contributed by atoms with Gasteiger partial charge in [0.2, 0.25) is 17.7 Å². The molecule has 1 N–H and O–H groups in total. The van der Waals surface area contributed by atoms with Crippen LogP contribution in [0.1, 0.15) is 59.8 Å². The van der Waals surface area contributed by atoms with Crippen molar-refractivity contribution in [1.29, 1.82) is 0 Å². The first-order chi connectivity index (χ1) is 20.6. The number of nitrogens with zero attached hydrogens (tertiary/aromatic N) is 3. The van der Waals surface area contributed by atoms with E-state index in [2.05, 4.69) is 27.0 Å². The average molecular weight is 596 g/mol. The molecule has 0 saturated carbocycles. The van der Waals surface area contributed by atoms with Crippen LogP contribution >= 0.6 is 0 Å². The Kier molecular flexibility index (Phi) is 10.4. The zero-order valence-electron chi connectivity index (χ0n) is 26.3. The third kappa shape index (κ3) is 5.74. The zero-order chi connectivity index (χ0) is 31.4. The third-order valence-electron chi connectivity index (χ3n) is 9.60. The molecule has 3 saturated heterocycles. The molecule has 0 radical (unpaired) electrons. The summed E-state index contributed by atoms with van der Waals surface area (Å²) in [7, 11) is 0. The monoisotopic (exact) mass is 595 g/mol. The van der Waals surface area contributed by atoms with Gasteiger partial charge >= 0.3 is 0 Å². The number of aliphatic hydroxyl groups is 1. The number of carbonyl (C=O) groups is 3. The first kappa shape index (κ1) is 32.7. The number of unbranched alkanes of at least 4 members (excludes halogenated alkanes) is 2. The lowest BCUT2D eigenvalue weighted by Gasteiger charge is -2.39. The van der Waals surface area contributed by atoms with Crippen molar-refractivity contribution in [2.24, 2.45) is 17.8 Å². The number of ether oxygens (including phenoxy) is 2. The van der Waals surface area contributed by atoms with Gasteiger partial charge in [-0.3, -0.25) is 14.4 Å². The minimum Gasteiger partial charge on any atom is -0.494 e. The number of rotatable bonds is 16. The number of aliphatic hydroxyl groups excluding tert-OH is 1. The standard InChI is InChI=1S/C34H49N3O6/c1-7-11-20-35(18-8-2)32(41)29-34-23-24(5)33(6,43-34)27(28(34)31(40)37(29)21-12-13-22-38)30(39)36(19-9-3)25-14-16-26(17-15-25)42-10-4/h8-9,14-17,24,27-29,38H,2-3,7,10-13,18-23H2,1,4-6H3/t24?,27-,28+,29?,33+,34?/m1/s1. The Morgan fingerprint density at radius 2 is 1.81 bits per heavy atom. The molecule has 3 amide bonds. The minimum absolute atomic E-state index is 0.000377. The van der Waals surface area contributed by atoms with Gasteiger partial charge < -0.3 is 29.3 Å². The van der Waals surface area contributed by atoms with E-state index in [0.29, 0.717) is 56.9 Å². The molecular formula is C34H49N3O6. The lowest BCUT2D eigenvalue weighted by Crippen LogP contribution is -2.57. The smallest absolute Gasteiger partial charge is 0.248 e. The molecule has 3 unspecified atom stereocenters. The molecule has 43 heavy (non-hydrogen) atoms. The van der Waals surface area contributed by atoms with E-state index in [0.717, 1.165) is 12.8 Å². The molecule has 9 heteroatoms. The highest BCUT2D eigenvalue weighted by Gasteiger charge is 2.80.